The number of hydrogen-bond acceptors (Lipinski definition) is 5. The largest absolute Gasteiger partial charge is 0.484 e. The molecule has 0 atom stereocenters. The zero-order valence-electron chi connectivity index (χ0n) is 17.8. The summed E-state index contributed by atoms with van der Waals surface area (Å²) in [6.45, 7) is 5.90. The third-order valence-corrected chi connectivity index (χ3v) is 5.99. The van der Waals surface area contributed by atoms with Crippen LogP contribution in [0.3, 0.4) is 0 Å². The minimum atomic E-state index is -0.528. The van der Waals surface area contributed by atoms with E-state index in [1.807, 2.05) is 43.3 Å². The number of methoxy groups -OCH3 is 1. The van der Waals surface area contributed by atoms with Crippen molar-refractivity contribution in [2.45, 2.75) is 26.7 Å². The Morgan fingerprint density at radius 2 is 1.87 bits per heavy atom. The van der Waals surface area contributed by atoms with Crippen LogP contribution < -0.4 is 10.1 Å². The fraction of sp³-hybridized carbons (Fsp3) is 0.250. The Kier molecular flexibility index (Phi) is 7.36. The molecule has 0 aliphatic carbocycles. The summed E-state index contributed by atoms with van der Waals surface area (Å²) in [5.74, 6) is 0.0923. The van der Waals surface area contributed by atoms with Gasteiger partial charge in [0.25, 0.3) is 5.91 Å². The second-order valence-electron chi connectivity index (χ2n) is 7.30. The summed E-state index contributed by atoms with van der Waals surface area (Å²) < 4.78 is 10.6. The molecule has 1 heterocycles. The highest BCUT2D eigenvalue weighted by atomic mass is 35.5. The van der Waals surface area contributed by atoms with Crippen LogP contribution in [-0.2, 0) is 9.53 Å². The van der Waals surface area contributed by atoms with Crippen molar-refractivity contribution < 1.29 is 19.1 Å². The first-order valence-electron chi connectivity index (χ1n) is 9.80. The summed E-state index contributed by atoms with van der Waals surface area (Å²) in [6.07, 6.45) is 0. The Morgan fingerprint density at radius 3 is 2.55 bits per heavy atom. The Bertz CT molecular complexity index is 1110. The second kappa shape index (κ2) is 9.98. The van der Waals surface area contributed by atoms with E-state index in [0.29, 0.717) is 32.8 Å². The standard InChI is InChI=1S/C24H24ClNO4S/c1-14(2)16-7-6-10-19(12-16)30-13-20(27)26-23-22(24(28)29-4)21(15(3)31-23)17-8-5-9-18(25)11-17/h5-12,14H,13H2,1-4H3,(H,26,27). The highest BCUT2D eigenvalue weighted by Gasteiger charge is 2.25. The van der Waals surface area contributed by atoms with Crippen molar-refractivity contribution in [2.75, 3.05) is 19.0 Å². The van der Waals surface area contributed by atoms with E-state index in [-0.39, 0.29) is 12.5 Å². The molecule has 0 saturated heterocycles. The Hall–Kier alpha value is -2.83. The van der Waals surface area contributed by atoms with Crippen molar-refractivity contribution >= 4 is 39.8 Å². The van der Waals surface area contributed by atoms with Crippen molar-refractivity contribution in [3.8, 4) is 16.9 Å². The van der Waals surface area contributed by atoms with Crippen LogP contribution in [0, 0.1) is 6.92 Å². The van der Waals surface area contributed by atoms with Gasteiger partial charge in [0.05, 0.1) is 7.11 Å². The van der Waals surface area contributed by atoms with Gasteiger partial charge in [0.2, 0.25) is 0 Å². The Morgan fingerprint density at radius 1 is 1.13 bits per heavy atom. The first-order chi connectivity index (χ1) is 14.8. The van der Waals surface area contributed by atoms with Crippen molar-refractivity contribution in [2.24, 2.45) is 0 Å². The van der Waals surface area contributed by atoms with E-state index in [1.165, 1.54) is 18.4 Å². The minimum absolute atomic E-state index is 0.175. The van der Waals surface area contributed by atoms with Gasteiger partial charge in [0.1, 0.15) is 16.3 Å². The predicted octanol–water partition coefficient (Wildman–Crippen LogP) is 6.30. The van der Waals surface area contributed by atoms with Gasteiger partial charge in [-0.3, -0.25) is 4.79 Å². The minimum Gasteiger partial charge on any atom is -0.484 e. The van der Waals surface area contributed by atoms with Crippen molar-refractivity contribution in [1.29, 1.82) is 0 Å². The van der Waals surface area contributed by atoms with Gasteiger partial charge in [0.15, 0.2) is 6.61 Å². The number of benzene rings is 2. The number of amides is 1. The summed E-state index contributed by atoms with van der Waals surface area (Å²) >= 11 is 7.45. The van der Waals surface area contributed by atoms with Crippen LogP contribution in [0.4, 0.5) is 5.00 Å². The Labute approximate surface area is 191 Å². The van der Waals surface area contributed by atoms with E-state index in [0.717, 1.165) is 16.0 Å². The molecule has 0 saturated carbocycles. The zero-order valence-corrected chi connectivity index (χ0v) is 19.4. The maximum atomic E-state index is 12.6. The molecule has 2 aromatic carbocycles. The van der Waals surface area contributed by atoms with Gasteiger partial charge >= 0.3 is 5.97 Å². The SMILES string of the molecule is COC(=O)c1c(NC(=O)COc2cccc(C(C)C)c2)sc(C)c1-c1cccc(Cl)c1. The fourth-order valence-electron chi connectivity index (χ4n) is 3.20. The van der Waals surface area contributed by atoms with E-state index in [4.69, 9.17) is 21.1 Å². The topological polar surface area (TPSA) is 64.6 Å². The molecule has 1 amide bonds. The molecule has 0 bridgehead atoms. The number of hydrogen-bond donors (Lipinski definition) is 1. The lowest BCUT2D eigenvalue weighted by Crippen LogP contribution is -2.21. The number of carbonyl (C=O) groups excluding carboxylic acids is 2. The van der Waals surface area contributed by atoms with Crippen LogP contribution in [0.15, 0.2) is 48.5 Å². The molecular formula is C24H24ClNO4S. The maximum absolute atomic E-state index is 12.6. The molecule has 7 heteroatoms. The van der Waals surface area contributed by atoms with Gasteiger partial charge in [-0.05, 0) is 48.2 Å². The number of thiophene rings is 1. The first kappa shape index (κ1) is 22.8. The molecule has 0 fully saturated rings. The van der Waals surface area contributed by atoms with E-state index >= 15 is 0 Å². The molecule has 1 N–H and O–H groups in total. The predicted molar refractivity (Wildman–Crippen MR) is 125 cm³/mol. The number of rotatable bonds is 7. The highest BCUT2D eigenvalue weighted by Crippen LogP contribution is 2.41. The molecule has 0 aliphatic rings. The second-order valence-corrected chi connectivity index (χ2v) is 8.96. The number of nitrogens with one attached hydrogen (secondary N) is 1. The number of halogens is 1. The van der Waals surface area contributed by atoms with Gasteiger partial charge in [-0.1, -0.05) is 49.7 Å². The lowest BCUT2D eigenvalue weighted by Gasteiger charge is -2.11. The summed E-state index contributed by atoms with van der Waals surface area (Å²) in [6, 6.07) is 14.9. The molecule has 162 valence electrons. The third kappa shape index (κ3) is 5.46. The average molecular weight is 458 g/mol. The van der Waals surface area contributed by atoms with Crippen LogP contribution in [0.2, 0.25) is 5.02 Å². The molecule has 5 nitrogen and oxygen atoms in total. The summed E-state index contributed by atoms with van der Waals surface area (Å²) in [5, 5.41) is 3.78. The van der Waals surface area contributed by atoms with Gasteiger partial charge in [-0.15, -0.1) is 11.3 Å². The van der Waals surface area contributed by atoms with Gasteiger partial charge in [0, 0.05) is 15.5 Å². The quantitative estimate of drug-likeness (QED) is 0.422. The molecule has 0 aliphatic heterocycles. The number of anilines is 1. The number of aryl methyl sites for hydroxylation is 1. The van der Waals surface area contributed by atoms with Crippen LogP contribution in [-0.4, -0.2) is 25.6 Å². The first-order valence-corrected chi connectivity index (χ1v) is 11.0. The molecule has 0 radical (unpaired) electrons. The zero-order chi connectivity index (χ0) is 22.5. The summed E-state index contributed by atoms with van der Waals surface area (Å²) in [4.78, 5) is 26.0. The van der Waals surface area contributed by atoms with Crippen molar-refractivity contribution in [3.63, 3.8) is 0 Å². The maximum Gasteiger partial charge on any atom is 0.341 e. The smallest absolute Gasteiger partial charge is 0.341 e. The van der Waals surface area contributed by atoms with Crippen molar-refractivity contribution in [1.82, 2.24) is 0 Å². The van der Waals surface area contributed by atoms with Gasteiger partial charge < -0.3 is 14.8 Å². The number of esters is 1. The lowest BCUT2D eigenvalue weighted by molar-refractivity contribution is -0.118. The molecule has 0 spiro atoms. The molecule has 1 aromatic heterocycles. The van der Waals surface area contributed by atoms with Gasteiger partial charge in [-0.25, -0.2) is 4.79 Å². The van der Waals surface area contributed by atoms with Gasteiger partial charge in [-0.2, -0.15) is 0 Å². The normalized spacial score (nSPS) is 10.8. The van der Waals surface area contributed by atoms with Crippen LogP contribution in [0.5, 0.6) is 5.75 Å². The number of ether oxygens (including phenoxy) is 2. The molecule has 0 unspecified atom stereocenters. The van der Waals surface area contributed by atoms with Crippen molar-refractivity contribution in [3.05, 3.63) is 69.6 Å². The van der Waals surface area contributed by atoms with E-state index < -0.39 is 5.97 Å². The molecule has 31 heavy (non-hydrogen) atoms. The third-order valence-electron chi connectivity index (χ3n) is 4.73. The van der Waals surface area contributed by atoms with E-state index in [1.54, 1.807) is 12.1 Å². The summed E-state index contributed by atoms with van der Waals surface area (Å²) in [5.41, 5.74) is 2.91. The average Bonchev–Trinajstić information content (AvgIpc) is 3.07. The highest BCUT2D eigenvalue weighted by molar-refractivity contribution is 7.17. The summed E-state index contributed by atoms with van der Waals surface area (Å²) in [7, 11) is 1.31. The van der Waals surface area contributed by atoms with Crippen LogP contribution in [0.1, 0.15) is 40.6 Å². The lowest BCUT2D eigenvalue weighted by atomic mass is 10.0. The van der Waals surface area contributed by atoms with Crippen LogP contribution >= 0.6 is 22.9 Å². The Balaban J connectivity index is 1.82. The molecule has 3 aromatic rings. The molecular weight excluding hydrogens is 434 g/mol. The fourth-order valence-corrected chi connectivity index (χ4v) is 4.47. The molecule has 3 rings (SSSR count). The van der Waals surface area contributed by atoms with Crippen LogP contribution in [0.25, 0.3) is 11.1 Å². The monoisotopic (exact) mass is 457 g/mol. The van der Waals surface area contributed by atoms with E-state index in [9.17, 15) is 9.59 Å². The van der Waals surface area contributed by atoms with E-state index in [2.05, 4.69) is 19.2 Å². The number of carbonyl (C=O) groups is 2.